The van der Waals surface area contributed by atoms with Crippen molar-refractivity contribution in [2.24, 2.45) is 0 Å². The summed E-state index contributed by atoms with van der Waals surface area (Å²) in [6.07, 6.45) is 2.76. The van der Waals surface area contributed by atoms with E-state index in [0.29, 0.717) is 5.56 Å². The Labute approximate surface area is 151 Å². The maximum atomic E-state index is 15.1. The number of hydrogen-bond donors (Lipinski definition) is 2. The normalized spacial score (nSPS) is 26.4. The number of fused-ring (bicyclic) bond motifs is 4. The SMILES string of the molecule is CC1(C)Nc2cc(F)c(-c3cccc4[nH]ncc34)cc2C2(C)CCOC12. The van der Waals surface area contributed by atoms with Crippen molar-refractivity contribution in [1.82, 2.24) is 10.2 Å². The monoisotopic (exact) mass is 351 g/mol. The van der Waals surface area contributed by atoms with E-state index < -0.39 is 0 Å². The van der Waals surface area contributed by atoms with Gasteiger partial charge in [0.2, 0.25) is 0 Å². The lowest BCUT2D eigenvalue weighted by Gasteiger charge is -2.48. The van der Waals surface area contributed by atoms with Gasteiger partial charge in [0.25, 0.3) is 0 Å². The third-order valence-corrected chi connectivity index (χ3v) is 6.09. The molecule has 3 aromatic rings. The number of halogens is 1. The Bertz CT molecular complexity index is 1030. The van der Waals surface area contributed by atoms with Gasteiger partial charge in [0, 0.05) is 28.7 Å². The van der Waals surface area contributed by atoms with Gasteiger partial charge < -0.3 is 10.1 Å². The fraction of sp³-hybridized carbons (Fsp3) is 0.381. The highest BCUT2D eigenvalue weighted by molar-refractivity contribution is 5.95. The molecule has 0 radical (unpaired) electrons. The number of hydrogen-bond acceptors (Lipinski definition) is 3. The van der Waals surface area contributed by atoms with Crippen LogP contribution >= 0.6 is 0 Å². The van der Waals surface area contributed by atoms with Gasteiger partial charge in [-0.25, -0.2) is 4.39 Å². The molecule has 0 amide bonds. The van der Waals surface area contributed by atoms with Gasteiger partial charge in [0.15, 0.2) is 0 Å². The molecule has 1 fully saturated rings. The summed E-state index contributed by atoms with van der Waals surface area (Å²) in [6.45, 7) is 7.23. The van der Waals surface area contributed by atoms with E-state index >= 15 is 4.39 Å². The number of anilines is 1. The van der Waals surface area contributed by atoms with Gasteiger partial charge in [0.05, 0.1) is 23.4 Å². The van der Waals surface area contributed by atoms with Gasteiger partial charge in [-0.3, -0.25) is 5.10 Å². The van der Waals surface area contributed by atoms with Crippen LogP contribution in [-0.4, -0.2) is 28.4 Å². The zero-order chi connectivity index (χ0) is 18.1. The van der Waals surface area contributed by atoms with Crippen molar-refractivity contribution in [3.63, 3.8) is 0 Å². The predicted molar refractivity (Wildman–Crippen MR) is 101 cm³/mol. The molecule has 2 aromatic carbocycles. The molecule has 0 bridgehead atoms. The largest absolute Gasteiger partial charge is 0.377 e. The van der Waals surface area contributed by atoms with E-state index in [1.807, 2.05) is 24.3 Å². The molecule has 2 atom stereocenters. The van der Waals surface area contributed by atoms with Gasteiger partial charge in [-0.15, -0.1) is 0 Å². The minimum Gasteiger partial charge on any atom is -0.377 e. The molecular weight excluding hydrogens is 329 g/mol. The van der Waals surface area contributed by atoms with Crippen molar-refractivity contribution in [3.8, 4) is 11.1 Å². The molecule has 5 rings (SSSR count). The number of H-pyrrole nitrogens is 1. The second-order valence-corrected chi connectivity index (χ2v) is 8.28. The summed E-state index contributed by atoms with van der Waals surface area (Å²) >= 11 is 0. The number of rotatable bonds is 1. The molecule has 26 heavy (non-hydrogen) atoms. The smallest absolute Gasteiger partial charge is 0.133 e. The van der Waals surface area contributed by atoms with E-state index in [1.165, 1.54) is 0 Å². The van der Waals surface area contributed by atoms with Gasteiger partial charge in [0.1, 0.15) is 5.82 Å². The van der Waals surface area contributed by atoms with E-state index in [9.17, 15) is 0 Å². The second kappa shape index (κ2) is 5.07. The number of benzene rings is 2. The molecule has 0 spiro atoms. The van der Waals surface area contributed by atoms with E-state index in [4.69, 9.17) is 4.74 Å². The summed E-state index contributed by atoms with van der Waals surface area (Å²) < 4.78 is 21.2. The van der Waals surface area contributed by atoms with E-state index in [0.717, 1.165) is 40.7 Å². The van der Waals surface area contributed by atoms with Crippen LogP contribution in [0.15, 0.2) is 36.5 Å². The van der Waals surface area contributed by atoms with Crippen LogP contribution < -0.4 is 5.32 Å². The summed E-state index contributed by atoms with van der Waals surface area (Å²) in [5, 5.41) is 11.5. The molecule has 1 saturated heterocycles. The molecule has 2 aliphatic heterocycles. The standard InChI is InChI=1S/C21H22FN3O/c1-20(2)19-21(3,7-8-26-19)15-9-13(16(22)10-18(15)24-20)12-5-4-6-17-14(12)11-23-25-17/h4-6,9-11,19,24H,7-8H2,1-3H3,(H,23,25). The Balaban J connectivity index is 1.76. The lowest BCUT2D eigenvalue weighted by molar-refractivity contribution is 0.0352. The van der Waals surface area contributed by atoms with Crippen LogP contribution in [0.5, 0.6) is 0 Å². The predicted octanol–water partition coefficient (Wildman–Crippen LogP) is 4.62. The molecule has 0 saturated carbocycles. The Morgan fingerprint density at radius 1 is 1.19 bits per heavy atom. The second-order valence-electron chi connectivity index (χ2n) is 8.28. The summed E-state index contributed by atoms with van der Waals surface area (Å²) in [5.74, 6) is -0.221. The Morgan fingerprint density at radius 2 is 2.04 bits per heavy atom. The lowest BCUT2D eigenvalue weighted by Crippen LogP contribution is -2.56. The van der Waals surface area contributed by atoms with E-state index in [1.54, 1.807) is 12.3 Å². The average Bonchev–Trinajstić information content (AvgIpc) is 3.21. The van der Waals surface area contributed by atoms with E-state index in [2.05, 4.69) is 36.3 Å². The number of aromatic amines is 1. The molecule has 5 heteroatoms. The van der Waals surface area contributed by atoms with Gasteiger partial charge in [-0.1, -0.05) is 19.1 Å². The molecule has 134 valence electrons. The zero-order valence-corrected chi connectivity index (χ0v) is 15.2. The molecule has 4 nitrogen and oxygen atoms in total. The fourth-order valence-electron chi connectivity index (χ4n) is 4.96. The van der Waals surface area contributed by atoms with Crippen molar-refractivity contribution in [2.45, 2.75) is 44.2 Å². The number of nitrogens with one attached hydrogen (secondary N) is 2. The molecule has 2 unspecified atom stereocenters. The van der Waals surface area contributed by atoms with Gasteiger partial charge in [-0.05, 0) is 49.6 Å². The minimum absolute atomic E-state index is 0.0607. The van der Waals surface area contributed by atoms with Gasteiger partial charge in [-0.2, -0.15) is 5.10 Å². The zero-order valence-electron chi connectivity index (χ0n) is 15.2. The third-order valence-electron chi connectivity index (χ3n) is 6.09. The van der Waals surface area contributed by atoms with Crippen LogP contribution in [0.2, 0.25) is 0 Å². The fourth-order valence-corrected chi connectivity index (χ4v) is 4.96. The molecule has 3 heterocycles. The number of nitrogens with zero attached hydrogens (tertiary/aromatic N) is 1. The maximum absolute atomic E-state index is 15.1. The van der Waals surface area contributed by atoms with Crippen molar-refractivity contribution in [3.05, 3.63) is 47.9 Å². The first-order valence-corrected chi connectivity index (χ1v) is 9.06. The summed E-state index contributed by atoms with van der Waals surface area (Å²) in [4.78, 5) is 0. The first-order chi connectivity index (χ1) is 12.4. The van der Waals surface area contributed by atoms with Crippen LogP contribution in [0.25, 0.3) is 22.0 Å². The molecule has 0 aliphatic carbocycles. The van der Waals surface area contributed by atoms with Crippen molar-refractivity contribution < 1.29 is 9.13 Å². The van der Waals surface area contributed by atoms with Crippen LogP contribution in [0.3, 0.4) is 0 Å². The summed E-state index contributed by atoms with van der Waals surface area (Å²) in [7, 11) is 0. The highest BCUT2D eigenvalue weighted by Gasteiger charge is 2.53. The van der Waals surface area contributed by atoms with Crippen LogP contribution in [0.4, 0.5) is 10.1 Å². The van der Waals surface area contributed by atoms with Crippen LogP contribution in [-0.2, 0) is 10.2 Å². The highest BCUT2D eigenvalue weighted by Crippen LogP contribution is 2.51. The lowest BCUT2D eigenvalue weighted by atomic mass is 9.66. The third kappa shape index (κ3) is 2.01. The Morgan fingerprint density at radius 3 is 2.88 bits per heavy atom. The minimum atomic E-state index is -0.239. The summed E-state index contributed by atoms with van der Waals surface area (Å²) in [5.41, 5.74) is 4.03. The Hall–Kier alpha value is -2.40. The highest BCUT2D eigenvalue weighted by atomic mass is 19.1. The van der Waals surface area contributed by atoms with Gasteiger partial charge >= 0.3 is 0 Å². The number of ether oxygens (including phenoxy) is 1. The van der Waals surface area contributed by atoms with Crippen LogP contribution in [0.1, 0.15) is 32.8 Å². The maximum Gasteiger partial charge on any atom is 0.133 e. The van der Waals surface area contributed by atoms with Crippen LogP contribution in [0, 0.1) is 5.82 Å². The average molecular weight is 351 g/mol. The number of aromatic nitrogens is 2. The molecule has 1 aromatic heterocycles. The molecular formula is C21H22FN3O. The Kier molecular flexibility index (Phi) is 3.09. The topological polar surface area (TPSA) is 49.9 Å². The molecule has 2 aliphatic rings. The summed E-state index contributed by atoms with van der Waals surface area (Å²) in [6, 6.07) is 9.49. The van der Waals surface area contributed by atoms with Crippen molar-refractivity contribution >= 4 is 16.6 Å². The first-order valence-electron chi connectivity index (χ1n) is 9.06. The quantitative estimate of drug-likeness (QED) is 0.673. The van der Waals surface area contributed by atoms with E-state index in [-0.39, 0.29) is 22.9 Å². The first kappa shape index (κ1) is 15.8. The van der Waals surface area contributed by atoms with Crippen molar-refractivity contribution in [2.75, 3.05) is 11.9 Å². The van der Waals surface area contributed by atoms with Crippen molar-refractivity contribution in [1.29, 1.82) is 0 Å². The molecule has 2 N–H and O–H groups in total.